The van der Waals surface area contributed by atoms with E-state index in [1.54, 1.807) is 12.3 Å². The smallest absolute Gasteiger partial charge is 0.415 e. The highest BCUT2D eigenvalue weighted by Crippen LogP contribution is 2.22. The second-order valence-electron chi connectivity index (χ2n) is 6.91. The van der Waals surface area contributed by atoms with Gasteiger partial charge >= 0.3 is 6.09 Å². The zero-order valence-electron chi connectivity index (χ0n) is 18.2. The maximum atomic E-state index is 13.0. The van der Waals surface area contributed by atoms with Crippen molar-refractivity contribution >= 4 is 17.9 Å². The Morgan fingerprint density at radius 1 is 1.12 bits per heavy atom. The fourth-order valence-electron chi connectivity index (χ4n) is 2.67. The summed E-state index contributed by atoms with van der Waals surface area (Å²) in [5.74, 6) is 1.88. The molecular weight excluding hydrogens is 415 g/mol. The lowest BCUT2D eigenvalue weighted by Crippen LogP contribution is -2.25. The summed E-state index contributed by atoms with van der Waals surface area (Å²) < 4.78 is 23.5. The molecule has 1 aliphatic rings. The first-order chi connectivity index (χ1) is 15.5. The number of ether oxygens (including phenoxy) is 2. The van der Waals surface area contributed by atoms with E-state index in [4.69, 9.17) is 9.47 Å². The van der Waals surface area contributed by atoms with Crippen molar-refractivity contribution in [1.29, 1.82) is 0 Å². The van der Waals surface area contributed by atoms with Gasteiger partial charge in [-0.3, -0.25) is 4.90 Å². The normalized spacial score (nSPS) is 13.6. The Balaban J connectivity index is 0.000000913. The number of benzene rings is 1. The van der Waals surface area contributed by atoms with Crippen LogP contribution in [0, 0.1) is 5.82 Å². The van der Waals surface area contributed by atoms with Crippen LogP contribution >= 0.6 is 0 Å². The molecule has 0 radical (unpaired) electrons. The number of hydrogen-bond donors (Lipinski definition) is 1. The molecule has 10 heteroatoms. The van der Waals surface area contributed by atoms with E-state index >= 15 is 0 Å². The molecule has 0 spiro atoms. The molecule has 1 atom stereocenters. The van der Waals surface area contributed by atoms with E-state index < -0.39 is 6.09 Å². The topological polar surface area (TPSA) is 102 Å². The second kappa shape index (κ2) is 11.0. The van der Waals surface area contributed by atoms with Gasteiger partial charge in [0.25, 0.3) is 0 Å². The Labute approximate surface area is 185 Å². The number of amides is 1. The van der Waals surface area contributed by atoms with Gasteiger partial charge in [-0.15, -0.1) is 0 Å². The summed E-state index contributed by atoms with van der Waals surface area (Å²) in [6, 6.07) is 7.01. The Hall–Kier alpha value is -3.82. The van der Waals surface area contributed by atoms with Gasteiger partial charge in [-0.1, -0.05) is 20.3 Å². The quantitative estimate of drug-likeness (QED) is 0.586. The number of halogens is 1. The third-order valence-electron chi connectivity index (χ3n) is 4.11. The third-order valence-corrected chi connectivity index (χ3v) is 4.11. The summed E-state index contributed by atoms with van der Waals surface area (Å²) in [6.07, 6.45) is 5.44. The summed E-state index contributed by atoms with van der Waals surface area (Å²) in [6.45, 7) is 6.89. The summed E-state index contributed by atoms with van der Waals surface area (Å²) in [7, 11) is 0. The van der Waals surface area contributed by atoms with Crippen molar-refractivity contribution in [3.05, 3.63) is 60.6 Å². The molecule has 1 N–H and O–H groups in total. The number of aromatic nitrogens is 4. The molecule has 168 valence electrons. The number of carbonyl (C=O) groups excluding carboxylic acids is 1. The molecule has 1 amide bonds. The van der Waals surface area contributed by atoms with Crippen molar-refractivity contribution in [1.82, 2.24) is 19.9 Å². The minimum Gasteiger partial charge on any atom is -0.454 e. The van der Waals surface area contributed by atoms with Crippen molar-refractivity contribution in [2.45, 2.75) is 33.2 Å². The highest BCUT2D eigenvalue weighted by Gasteiger charge is 2.25. The number of cyclic esters (lactones) is 1. The van der Waals surface area contributed by atoms with E-state index in [0.29, 0.717) is 42.2 Å². The molecule has 1 saturated heterocycles. The van der Waals surface area contributed by atoms with Crippen LogP contribution in [0.5, 0.6) is 11.5 Å². The molecular formula is C22H25FN6O3. The summed E-state index contributed by atoms with van der Waals surface area (Å²) in [5.41, 5.74) is 0. The molecule has 9 nitrogen and oxygen atoms in total. The number of rotatable bonds is 6. The molecule has 4 rings (SSSR count). The van der Waals surface area contributed by atoms with Gasteiger partial charge in [-0.25, -0.2) is 24.1 Å². The van der Waals surface area contributed by atoms with Crippen LogP contribution in [-0.4, -0.2) is 39.2 Å². The zero-order chi connectivity index (χ0) is 22.9. The summed E-state index contributed by atoms with van der Waals surface area (Å²) in [4.78, 5) is 30.2. The standard InChI is InChI=1S/C19H17FN6O3.C3H8/c1-12(24-18-21-7-6-16(25-18)26-8-9-28-19(26)27)17-22-10-15(11-23-17)29-14-4-2-13(20)3-5-14;1-3-2/h2-7,10-12H,8-9H2,1H3,(H,21,24,25);3H2,1-2H3. The molecule has 32 heavy (non-hydrogen) atoms. The number of nitrogens with one attached hydrogen (secondary N) is 1. The number of nitrogens with zero attached hydrogens (tertiary/aromatic N) is 5. The minimum absolute atomic E-state index is 0.296. The first kappa shape index (κ1) is 22.9. The van der Waals surface area contributed by atoms with Crippen LogP contribution in [0.15, 0.2) is 48.9 Å². The summed E-state index contributed by atoms with van der Waals surface area (Å²) in [5, 5.41) is 3.10. The first-order valence-corrected chi connectivity index (χ1v) is 10.3. The predicted molar refractivity (Wildman–Crippen MR) is 117 cm³/mol. The average molecular weight is 440 g/mol. The molecule has 3 aromatic rings. The zero-order valence-corrected chi connectivity index (χ0v) is 18.2. The van der Waals surface area contributed by atoms with Crippen molar-refractivity contribution in [3.8, 4) is 11.5 Å². The van der Waals surface area contributed by atoms with E-state index in [-0.39, 0.29) is 11.9 Å². The first-order valence-electron chi connectivity index (χ1n) is 10.3. The summed E-state index contributed by atoms with van der Waals surface area (Å²) >= 11 is 0. The molecule has 1 aliphatic heterocycles. The number of hydrogen-bond acceptors (Lipinski definition) is 8. The van der Waals surface area contributed by atoms with Gasteiger partial charge < -0.3 is 14.8 Å². The maximum Gasteiger partial charge on any atom is 0.415 e. The molecule has 1 fully saturated rings. The van der Waals surface area contributed by atoms with Gasteiger partial charge in [-0.05, 0) is 37.3 Å². The maximum absolute atomic E-state index is 13.0. The van der Waals surface area contributed by atoms with Gasteiger partial charge in [0.1, 0.15) is 24.0 Å². The van der Waals surface area contributed by atoms with Crippen molar-refractivity contribution in [2.24, 2.45) is 0 Å². The lowest BCUT2D eigenvalue weighted by molar-refractivity contribution is 0.181. The third kappa shape index (κ3) is 6.10. The number of carbonyl (C=O) groups is 1. The van der Waals surface area contributed by atoms with Gasteiger partial charge in [-0.2, -0.15) is 4.98 Å². The lowest BCUT2D eigenvalue weighted by Gasteiger charge is -2.15. The van der Waals surface area contributed by atoms with Crippen LogP contribution in [0.2, 0.25) is 0 Å². The van der Waals surface area contributed by atoms with Gasteiger partial charge in [0.2, 0.25) is 5.95 Å². The van der Waals surface area contributed by atoms with Crippen molar-refractivity contribution in [3.63, 3.8) is 0 Å². The monoisotopic (exact) mass is 440 g/mol. The van der Waals surface area contributed by atoms with E-state index in [0.717, 1.165) is 0 Å². The van der Waals surface area contributed by atoms with Crippen LogP contribution in [-0.2, 0) is 4.74 Å². The SMILES string of the molecule is CC(Nc1nccc(N2CCOC2=O)n1)c1ncc(Oc2ccc(F)cc2)cn1.CCC. The van der Waals surface area contributed by atoms with E-state index in [1.807, 2.05) is 6.92 Å². The molecule has 1 aromatic carbocycles. The predicted octanol–water partition coefficient (Wildman–Crippen LogP) is 4.74. The molecule has 0 aliphatic carbocycles. The largest absolute Gasteiger partial charge is 0.454 e. The lowest BCUT2D eigenvalue weighted by atomic mass is 10.3. The van der Waals surface area contributed by atoms with Gasteiger partial charge in [0.15, 0.2) is 11.6 Å². The van der Waals surface area contributed by atoms with Crippen LogP contribution in [0.1, 0.15) is 39.1 Å². The average Bonchev–Trinajstić information content (AvgIpc) is 3.22. The molecule has 0 bridgehead atoms. The van der Waals surface area contributed by atoms with Gasteiger partial charge in [0.05, 0.1) is 25.0 Å². The van der Waals surface area contributed by atoms with E-state index in [2.05, 4.69) is 39.1 Å². The molecule has 2 aromatic heterocycles. The Kier molecular flexibility index (Phi) is 7.85. The van der Waals surface area contributed by atoms with Crippen LogP contribution in [0.4, 0.5) is 21.0 Å². The fraction of sp³-hybridized carbons (Fsp3) is 0.318. The highest BCUT2D eigenvalue weighted by atomic mass is 19.1. The highest BCUT2D eigenvalue weighted by molar-refractivity contribution is 5.88. The fourth-order valence-corrected chi connectivity index (χ4v) is 2.67. The van der Waals surface area contributed by atoms with Crippen LogP contribution < -0.4 is 15.0 Å². The van der Waals surface area contributed by atoms with Crippen molar-refractivity contribution < 1.29 is 18.7 Å². The van der Waals surface area contributed by atoms with E-state index in [9.17, 15) is 9.18 Å². The van der Waals surface area contributed by atoms with Gasteiger partial charge in [0, 0.05) is 6.20 Å². The minimum atomic E-state index is -0.428. The number of anilines is 2. The molecule has 1 unspecified atom stereocenters. The molecule has 0 saturated carbocycles. The Morgan fingerprint density at radius 3 is 2.44 bits per heavy atom. The van der Waals surface area contributed by atoms with Crippen LogP contribution in [0.25, 0.3) is 0 Å². The Bertz CT molecular complexity index is 1020. The van der Waals surface area contributed by atoms with Crippen LogP contribution in [0.3, 0.4) is 0 Å². The van der Waals surface area contributed by atoms with Crippen molar-refractivity contribution in [2.75, 3.05) is 23.4 Å². The second-order valence-corrected chi connectivity index (χ2v) is 6.91. The molecule has 3 heterocycles. The Morgan fingerprint density at radius 2 is 1.81 bits per heavy atom. The van der Waals surface area contributed by atoms with E-state index in [1.165, 1.54) is 48.0 Å².